The number of benzene rings is 2. The van der Waals surface area contributed by atoms with Gasteiger partial charge in [-0.15, -0.1) is 11.3 Å². The second kappa shape index (κ2) is 8.78. The molecule has 28 heavy (non-hydrogen) atoms. The highest BCUT2D eigenvalue weighted by molar-refractivity contribution is 7.18. The summed E-state index contributed by atoms with van der Waals surface area (Å²) >= 11 is 7.82. The molecule has 142 valence electrons. The molecule has 0 fully saturated rings. The van der Waals surface area contributed by atoms with E-state index < -0.39 is 5.91 Å². The van der Waals surface area contributed by atoms with E-state index in [1.54, 1.807) is 18.2 Å². The lowest BCUT2D eigenvalue weighted by Crippen LogP contribution is -2.37. The molecule has 0 atom stereocenters. The predicted molar refractivity (Wildman–Crippen MR) is 105 cm³/mol. The van der Waals surface area contributed by atoms with Gasteiger partial charge in [0.1, 0.15) is 22.9 Å². The summed E-state index contributed by atoms with van der Waals surface area (Å²) in [5.41, 5.74) is 2.07. The summed E-state index contributed by atoms with van der Waals surface area (Å²) in [6, 6.07) is 11.5. The number of rotatable bonds is 6. The first-order valence-electron chi connectivity index (χ1n) is 8.22. The molecular formula is C19H14ClFN4O2S. The standard InChI is InChI=1S/C19H14ClFN4O2S/c20-18-13(11-1-3-12(21)4-2-11)5-6-14-19(18)25-17(28-14)9-15(26)24-10-16(27)23-8-7-22/h1-6H,8-10H2,(H,23,27)(H,24,26). The van der Waals surface area contributed by atoms with Crippen LogP contribution >= 0.6 is 22.9 Å². The van der Waals surface area contributed by atoms with Crippen molar-refractivity contribution >= 4 is 45.0 Å². The second-order valence-corrected chi connectivity index (χ2v) is 7.27. The maximum absolute atomic E-state index is 13.1. The van der Waals surface area contributed by atoms with Gasteiger partial charge in [0.25, 0.3) is 0 Å². The highest BCUT2D eigenvalue weighted by atomic mass is 35.5. The first kappa shape index (κ1) is 19.7. The monoisotopic (exact) mass is 416 g/mol. The Hall–Kier alpha value is -3.02. The van der Waals surface area contributed by atoms with E-state index in [9.17, 15) is 14.0 Å². The summed E-state index contributed by atoms with van der Waals surface area (Å²) in [5, 5.41) is 14.2. The van der Waals surface area contributed by atoms with Gasteiger partial charge in [-0.25, -0.2) is 9.37 Å². The van der Waals surface area contributed by atoms with Gasteiger partial charge in [-0.05, 0) is 23.8 Å². The van der Waals surface area contributed by atoms with Crippen LogP contribution in [0.3, 0.4) is 0 Å². The van der Waals surface area contributed by atoms with E-state index in [1.165, 1.54) is 23.5 Å². The van der Waals surface area contributed by atoms with Crippen LogP contribution in [0.25, 0.3) is 21.3 Å². The topological polar surface area (TPSA) is 94.9 Å². The Morgan fingerprint density at radius 3 is 2.61 bits per heavy atom. The molecule has 2 aromatic carbocycles. The third-order valence-corrected chi connectivity index (χ3v) is 5.22. The Balaban J connectivity index is 1.73. The van der Waals surface area contributed by atoms with Gasteiger partial charge in [-0.2, -0.15) is 5.26 Å². The molecule has 0 aliphatic rings. The molecule has 1 aromatic heterocycles. The van der Waals surface area contributed by atoms with Gasteiger partial charge in [0.15, 0.2) is 0 Å². The van der Waals surface area contributed by atoms with Crippen LogP contribution in [0.15, 0.2) is 36.4 Å². The Morgan fingerprint density at radius 2 is 1.89 bits per heavy atom. The zero-order valence-electron chi connectivity index (χ0n) is 14.5. The SMILES string of the molecule is N#CCNC(=O)CNC(=O)Cc1nc2c(Cl)c(-c3ccc(F)cc3)ccc2s1. The lowest BCUT2D eigenvalue weighted by atomic mass is 10.1. The molecule has 0 radical (unpaired) electrons. The smallest absolute Gasteiger partial charge is 0.240 e. The average molecular weight is 417 g/mol. The van der Waals surface area contributed by atoms with Crippen LogP contribution in [0, 0.1) is 17.1 Å². The van der Waals surface area contributed by atoms with Gasteiger partial charge in [0, 0.05) is 5.56 Å². The molecule has 2 amide bonds. The lowest BCUT2D eigenvalue weighted by Gasteiger charge is -2.05. The number of nitrogens with one attached hydrogen (secondary N) is 2. The van der Waals surface area contributed by atoms with E-state index in [1.807, 2.05) is 12.1 Å². The molecular weight excluding hydrogens is 403 g/mol. The van der Waals surface area contributed by atoms with Crippen molar-refractivity contribution in [2.45, 2.75) is 6.42 Å². The maximum atomic E-state index is 13.1. The Morgan fingerprint density at radius 1 is 1.14 bits per heavy atom. The lowest BCUT2D eigenvalue weighted by molar-refractivity contribution is -0.125. The number of thiazole rings is 1. The molecule has 0 aliphatic heterocycles. The number of amides is 2. The number of nitriles is 1. The molecule has 0 unspecified atom stereocenters. The van der Waals surface area contributed by atoms with E-state index in [0.717, 1.165) is 15.8 Å². The van der Waals surface area contributed by atoms with Gasteiger partial charge >= 0.3 is 0 Å². The maximum Gasteiger partial charge on any atom is 0.240 e. The van der Waals surface area contributed by atoms with E-state index >= 15 is 0 Å². The molecule has 2 N–H and O–H groups in total. The summed E-state index contributed by atoms with van der Waals surface area (Å²) in [4.78, 5) is 27.9. The van der Waals surface area contributed by atoms with Crippen molar-refractivity contribution in [1.29, 1.82) is 5.26 Å². The average Bonchev–Trinajstić information content (AvgIpc) is 3.09. The van der Waals surface area contributed by atoms with Crippen LogP contribution in [-0.4, -0.2) is 29.9 Å². The molecule has 0 spiro atoms. The van der Waals surface area contributed by atoms with Crippen LogP contribution in [0.2, 0.25) is 5.02 Å². The first-order valence-corrected chi connectivity index (χ1v) is 9.41. The number of carbonyl (C=O) groups excluding carboxylic acids is 2. The fourth-order valence-corrected chi connectivity index (χ4v) is 3.86. The van der Waals surface area contributed by atoms with Crippen LogP contribution in [0.4, 0.5) is 4.39 Å². The van der Waals surface area contributed by atoms with Crippen molar-refractivity contribution in [3.05, 3.63) is 52.2 Å². The Bertz CT molecular complexity index is 1080. The molecule has 6 nitrogen and oxygen atoms in total. The molecule has 3 aromatic rings. The molecule has 0 saturated carbocycles. The van der Waals surface area contributed by atoms with Gasteiger partial charge in [-0.3, -0.25) is 9.59 Å². The predicted octanol–water partition coefficient (Wildman–Crippen LogP) is 3.05. The fraction of sp³-hybridized carbons (Fsp3) is 0.158. The van der Waals surface area contributed by atoms with E-state index in [0.29, 0.717) is 15.5 Å². The first-order chi connectivity index (χ1) is 13.5. The van der Waals surface area contributed by atoms with Gasteiger partial charge < -0.3 is 10.6 Å². The van der Waals surface area contributed by atoms with Gasteiger partial charge in [0.05, 0.1) is 28.8 Å². The molecule has 9 heteroatoms. The Labute approximate surface area is 169 Å². The summed E-state index contributed by atoms with van der Waals surface area (Å²) in [5.74, 6) is -1.13. The number of fused-ring (bicyclic) bond motifs is 1. The van der Waals surface area contributed by atoms with Crippen molar-refractivity contribution in [1.82, 2.24) is 15.6 Å². The molecule has 0 aliphatic carbocycles. The third-order valence-electron chi connectivity index (χ3n) is 3.82. The molecule has 3 rings (SSSR count). The number of hydrogen-bond donors (Lipinski definition) is 2. The number of aromatic nitrogens is 1. The van der Waals surface area contributed by atoms with Crippen molar-refractivity contribution in [2.75, 3.05) is 13.1 Å². The summed E-state index contributed by atoms with van der Waals surface area (Å²) < 4.78 is 14.0. The minimum absolute atomic E-state index is 0.00703. The van der Waals surface area contributed by atoms with Gasteiger partial charge in [-0.1, -0.05) is 29.8 Å². The largest absolute Gasteiger partial charge is 0.347 e. The fourth-order valence-electron chi connectivity index (χ4n) is 2.52. The number of halogens is 2. The number of hydrogen-bond acceptors (Lipinski definition) is 5. The highest BCUT2D eigenvalue weighted by Crippen LogP contribution is 2.36. The van der Waals surface area contributed by atoms with Crippen molar-refractivity contribution < 1.29 is 14.0 Å². The van der Waals surface area contributed by atoms with Crippen LogP contribution in [0.5, 0.6) is 0 Å². The molecule has 0 bridgehead atoms. The van der Waals surface area contributed by atoms with Crippen molar-refractivity contribution in [3.63, 3.8) is 0 Å². The highest BCUT2D eigenvalue weighted by Gasteiger charge is 2.15. The second-order valence-electron chi connectivity index (χ2n) is 5.78. The minimum Gasteiger partial charge on any atom is -0.347 e. The summed E-state index contributed by atoms with van der Waals surface area (Å²) in [7, 11) is 0. The Kier molecular flexibility index (Phi) is 6.19. The van der Waals surface area contributed by atoms with Crippen molar-refractivity contribution in [2.24, 2.45) is 0 Å². The minimum atomic E-state index is -0.439. The van der Waals surface area contributed by atoms with Gasteiger partial charge in [0.2, 0.25) is 11.8 Å². The normalized spacial score (nSPS) is 10.5. The summed E-state index contributed by atoms with van der Waals surface area (Å²) in [6.45, 7) is -0.317. The van der Waals surface area contributed by atoms with E-state index in [2.05, 4.69) is 15.6 Å². The van der Waals surface area contributed by atoms with Crippen LogP contribution in [-0.2, 0) is 16.0 Å². The van der Waals surface area contributed by atoms with E-state index in [4.69, 9.17) is 16.9 Å². The third kappa shape index (κ3) is 4.63. The van der Waals surface area contributed by atoms with Crippen LogP contribution in [0.1, 0.15) is 5.01 Å². The molecule has 0 saturated heterocycles. The summed E-state index contributed by atoms with van der Waals surface area (Å²) in [6.07, 6.45) is 0.00703. The van der Waals surface area contributed by atoms with E-state index in [-0.39, 0.29) is 31.2 Å². The zero-order chi connectivity index (χ0) is 20.1. The molecule has 1 heterocycles. The zero-order valence-corrected chi connectivity index (χ0v) is 16.0. The van der Waals surface area contributed by atoms with Crippen LogP contribution < -0.4 is 10.6 Å². The number of carbonyl (C=O) groups is 2. The quantitative estimate of drug-likeness (QED) is 0.604. The number of nitrogens with zero attached hydrogens (tertiary/aromatic N) is 2. The van der Waals surface area contributed by atoms with Crippen molar-refractivity contribution in [3.8, 4) is 17.2 Å².